The number of hydrogen-bond donors (Lipinski definition) is 1. The van der Waals surface area contributed by atoms with Crippen LogP contribution in [0.25, 0.3) is 33.5 Å². The Hall–Kier alpha value is -2.95. The summed E-state index contributed by atoms with van der Waals surface area (Å²) in [5.74, 6) is 0.963. The van der Waals surface area contributed by atoms with Crippen LogP contribution in [-0.2, 0) is 6.54 Å². The predicted octanol–water partition coefficient (Wildman–Crippen LogP) is 3.46. The molecule has 5 aromatic rings. The second-order valence-corrected chi connectivity index (χ2v) is 7.20. The van der Waals surface area contributed by atoms with E-state index < -0.39 is 0 Å². The Morgan fingerprint density at radius 2 is 1.65 bits per heavy atom. The van der Waals surface area contributed by atoms with E-state index in [1.54, 1.807) is 6.07 Å². The fourth-order valence-electron chi connectivity index (χ4n) is 3.23. The number of nitrogens with zero attached hydrogens (tertiary/aromatic N) is 4. The predicted molar refractivity (Wildman–Crippen MR) is 102 cm³/mol. The van der Waals surface area contributed by atoms with Gasteiger partial charge in [0.1, 0.15) is 0 Å². The molecule has 5 rings (SSSR count). The monoisotopic (exact) mass is 406 g/mol. The van der Waals surface area contributed by atoms with Crippen molar-refractivity contribution in [1.82, 2.24) is 17.5 Å². The van der Waals surface area contributed by atoms with Crippen molar-refractivity contribution >= 4 is 37.0 Å². The summed E-state index contributed by atoms with van der Waals surface area (Å²) < 4.78 is 11.2. The minimum atomic E-state index is -0.102. The van der Waals surface area contributed by atoms with Crippen LogP contribution in [0.3, 0.4) is 0 Å². The van der Waals surface area contributed by atoms with E-state index in [2.05, 4.69) is 24.7 Å². The van der Waals surface area contributed by atoms with Gasteiger partial charge in [-0.2, -0.15) is 0 Å². The molecule has 2 aromatic heterocycles. The molecular formula is C20H14N4OSe. The summed E-state index contributed by atoms with van der Waals surface area (Å²) in [6, 6.07) is 21.6. The number of phenolic OH excluding ortho intramolecular Hbond substituents is 1. The fraction of sp³-hybridized carbons (Fsp3) is 0.0500. The first-order chi connectivity index (χ1) is 12.8. The third-order valence-corrected chi connectivity index (χ3v) is 5.61. The van der Waals surface area contributed by atoms with Crippen molar-refractivity contribution < 1.29 is 5.11 Å². The number of aromatic nitrogens is 4. The number of benzene rings is 3. The molecule has 0 bridgehead atoms. The van der Waals surface area contributed by atoms with Crippen molar-refractivity contribution in [3.05, 3.63) is 72.3 Å². The summed E-state index contributed by atoms with van der Waals surface area (Å²) in [5.41, 5.74) is 5.52. The van der Waals surface area contributed by atoms with Crippen LogP contribution in [0.5, 0.6) is 5.75 Å². The molecule has 1 N–H and O–H groups in total. The summed E-state index contributed by atoms with van der Waals surface area (Å²) in [6.07, 6.45) is 0. The summed E-state index contributed by atoms with van der Waals surface area (Å²) in [4.78, 5) is 4.87. The van der Waals surface area contributed by atoms with Crippen LogP contribution >= 0.6 is 0 Å². The number of fused-ring (bicyclic) bond motifs is 3. The Morgan fingerprint density at radius 1 is 0.846 bits per heavy atom. The van der Waals surface area contributed by atoms with Gasteiger partial charge in [0, 0.05) is 0 Å². The van der Waals surface area contributed by atoms with Gasteiger partial charge in [-0.25, -0.2) is 0 Å². The Labute approximate surface area is 155 Å². The fourth-order valence-corrected chi connectivity index (χ4v) is 4.36. The Kier molecular flexibility index (Phi) is 3.59. The molecule has 0 unspecified atom stereocenters. The van der Waals surface area contributed by atoms with Gasteiger partial charge in [0.2, 0.25) is 0 Å². The van der Waals surface area contributed by atoms with Crippen molar-refractivity contribution in [2.24, 2.45) is 0 Å². The SMILES string of the molecule is Oc1ccccc1-c1nc2c3n[se]nc3ccc2n1Cc1ccccc1. The molecular weight excluding hydrogens is 391 g/mol. The van der Waals surface area contributed by atoms with Crippen LogP contribution in [0.15, 0.2) is 66.7 Å². The molecule has 3 aromatic carbocycles. The molecule has 26 heavy (non-hydrogen) atoms. The number of hydrogen-bond acceptors (Lipinski definition) is 4. The van der Waals surface area contributed by atoms with E-state index in [1.807, 2.05) is 48.5 Å². The van der Waals surface area contributed by atoms with Crippen LogP contribution in [0.1, 0.15) is 5.56 Å². The molecule has 6 heteroatoms. The molecule has 0 spiro atoms. The molecule has 0 atom stereocenters. The van der Waals surface area contributed by atoms with Gasteiger partial charge in [0.15, 0.2) is 0 Å². The zero-order valence-corrected chi connectivity index (χ0v) is 15.4. The van der Waals surface area contributed by atoms with Crippen molar-refractivity contribution in [3.8, 4) is 17.1 Å². The molecule has 0 amide bonds. The second kappa shape index (κ2) is 6.09. The zero-order valence-electron chi connectivity index (χ0n) is 13.7. The average molecular weight is 405 g/mol. The molecule has 0 saturated carbocycles. The van der Waals surface area contributed by atoms with Gasteiger partial charge in [-0.15, -0.1) is 0 Å². The summed E-state index contributed by atoms with van der Waals surface area (Å²) >= 11 is -0.102. The molecule has 0 saturated heterocycles. The number of para-hydroxylation sites is 1. The van der Waals surface area contributed by atoms with Gasteiger partial charge in [0.05, 0.1) is 0 Å². The molecule has 0 fully saturated rings. The van der Waals surface area contributed by atoms with Crippen molar-refractivity contribution in [1.29, 1.82) is 0 Å². The number of aromatic hydroxyl groups is 1. The first kappa shape index (κ1) is 15.3. The standard InChI is InChI=1S/C20H14N4OSe/c25-17-9-5-4-8-14(17)20-21-19-16(11-10-15-18(19)23-26-22-15)24(20)12-13-6-2-1-3-7-13/h1-11,25H,12H2. The third kappa shape index (κ3) is 2.43. The first-order valence-corrected chi connectivity index (χ1v) is 9.78. The van der Waals surface area contributed by atoms with Crippen molar-refractivity contribution in [3.63, 3.8) is 0 Å². The molecule has 0 aliphatic heterocycles. The van der Waals surface area contributed by atoms with Gasteiger partial charge in [-0.1, -0.05) is 0 Å². The zero-order chi connectivity index (χ0) is 17.5. The molecule has 5 nitrogen and oxygen atoms in total. The molecule has 0 aliphatic carbocycles. The van der Waals surface area contributed by atoms with Gasteiger partial charge in [-0.3, -0.25) is 0 Å². The summed E-state index contributed by atoms with van der Waals surface area (Å²) in [6.45, 7) is 0.669. The van der Waals surface area contributed by atoms with Gasteiger partial charge < -0.3 is 0 Å². The van der Waals surface area contributed by atoms with Gasteiger partial charge in [-0.05, 0) is 0 Å². The van der Waals surface area contributed by atoms with E-state index in [-0.39, 0.29) is 20.7 Å². The van der Waals surface area contributed by atoms with Crippen LogP contribution in [0, 0.1) is 0 Å². The third-order valence-electron chi connectivity index (χ3n) is 4.47. The Morgan fingerprint density at radius 3 is 2.50 bits per heavy atom. The van der Waals surface area contributed by atoms with Crippen LogP contribution < -0.4 is 0 Å². The average Bonchev–Trinajstić information content (AvgIpc) is 3.28. The van der Waals surface area contributed by atoms with Gasteiger partial charge in [0.25, 0.3) is 0 Å². The van der Waals surface area contributed by atoms with E-state index in [0.29, 0.717) is 12.1 Å². The van der Waals surface area contributed by atoms with E-state index in [0.717, 1.165) is 27.9 Å². The van der Waals surface area contributed by atoms with Gasteiger partial charge >= 0.3 is 156 Å². The van der Waals surface area contributed by atoms with Crippen molar-refractivity contribution in [2.75, 3.05) is 0 Å². The van der Waals surface area contributed by atoms with Crippen molar-refractivity contribution in [2.45, 2.75) is 6.54 Å². The molecule has 0 aliphatic rings. The summed E-state index contributed by atoms with van der Waals surface area (Å²) in [7, 11) is 0. The Bertz CT molecular complexity index is 1230. The number of imidazole rings is 1. The molecule has 126 valence electrons. The second-order valence-electron chi connectivity index (χ2n) is 6.09. The van der Waals surface area contributed by atoms with Crippen LogP contribution in [-0.4, -0.2) is 37.6 Å². The Balaban J connectivity index is 1.81. The maximum absolute atomic E-state index is 10.4. The van der Waals surface area contributed by atoms with E-state index in [9.17, 15) is 5.11 Å². The minimum absolute atomic E-state index is 0.102. The summed E-state index contributed by atoms with van der Waals surface area (Å²) in [5, 5.41) is 10.4. The van der Waals surface area contributed by atoms with E-state index >= 15 is 0 Å². The van der Waals surface area contributed by atoms with E-state index in [4.69, 9.17) is 4.98 Å². The normalized spacial score (nSPS) is 11.4. The number of phenols is 1. The van der Waals surface area contributed by atoms with Crippen LogP contribution in [0.2, 0.25) is 0 Å². The first-order valence-electron chi connectivity index (χ1n) is 8.25. The number of rotatable bonds is 3. The molecule has 0 radical (unpaired) electrons. The van der Waals surface area contributed by atoms with Crippen LogP contribution in [0.4, 0.5) is 0 Å². The molecule has 2 heterocycles. The topological polar surface area (TPSA) is 63.8 Å². The maximum atomic E-state index is 10.4. The van der Waals surface area contributed by atoms with E-state index in [1.165, 1.54) is 5.56 Å². The quantitative estimate of drug-likeness (QED) is 0.467.